The number of amides is 2. The van der Waals surface area contributed by atoms with Crippen LogP contribution in [0.15, 0.2) is 48.7 Å². The Morgan fingerprint density at radius 1 is 1.08 bits per heavy atom. The molecule has 0 bridgehead atoms. The molecule has 0 aliphatic carbocycles. The Morgan fingerprint density at radius 3 is 2.53 bits per heavy atom. The van der Waals surface area contributed by atoms with Gasteiger partial charge in [0.15, 0.2) is 11.5 Å². The first-order valence-electron chi connectivity index (χ1n) is 12.5. The molecule has 36 heavy (non-hydrogen) atoms. The van der Waals surface area contributed by atoms with Crippen LogP contribution < -0.4 is 25.8 Å². The summed E-state index contributed by atoms with van der Waals surface area (Å²) in [5.41, 5.74) is 8.10. The van der Waals surface area contributed by atoms with Crippen molar-refractivity contribution in [1.82, 2.24) is 15.2 Å². The quantitative estimate of drug-likeness (QED) is 0.297. The van der Waals surface area contributed by atoms with Gasteiger partial charge in [0.2, 0.25) is 5.91 Å². The van der Waals surface area contributed by atoms with Gasteiger partial charge in [-0.15, -0.1) is 0 Å². The van der Waals surface area contributed by atoms with Crippen molar-refractivity contribution in [2.24, 2.45) is 5.73 Å². The average Bonchev–Trinajstić information content (AvgIpc) is 3.24. The Morgan fingerprint density at radius 2 is 1.83 bits per heavy atom. The molecule has 0 saturated carbocycles. The van der Waals surface area contributed by atoms with Crippen LogP contribution >= 0.6 is 0 Å². The third-order valence-electron chi connectivity index (χ3n) is 5.87. The Kier molecular flexibility index (Phi) is 9.76. The van der Waals surface area contributed by atoms with Crippen LogP contribution in [0, 0.1) is 0 Å². The highest BCUT2D eigenvalue weighted by Crippen LogP contribution is 2.27. The Balaban J connectivity index is 1.59. The van der Waals surface area contributed by atoms with E-state index in [2.05, 4.69) is 23.6 Å². The summed E-state index contributed by atoms with van der Waals surface area (Å²) in [6.45, 7) is 7.90. The molecule has 8 nitrogen and oxygen atoms in total. The van der Waals surface area contributed by atoms with E-state index in [1.807, 2.05) is 61.0 Å². The second kappa shape index (κ2) is 13.0. The highest BCUT2D eigenvalue weighted by atomic mass is 16.5. The van der Waals surface area contributed by atoms with Gasteiger partial charge in [-0.1, -0.05) is 12.1 Å². The van der Waals surface area contributed by atoms with Crippen LogP contribution in [0.4, 0.5) is 0 Å². The summed E-state index contributed by atoms with van der Waals surface area (Å²) in [4.78, 5) is 23.8. The van der Waals surface area contributed by atoms with E-state index >= 15 is 0 Å². The van der Waals surface area contributed by atoms with E-state index in [1.165, 1.54) is 0 Å². The summed E-state index contributed by atoms with van der Waals surface area (Å²) < 4.78 is 13.7. The van der Waals surface area contributed by atoms with Crippen molar-refractivity contribution in [2.45, 2.75) is 58.7 Å². The predicted octanol–water partition coefficient (Wildman–Crippen LogP) is 3.65. The normalized spacial score (nSPS) is 12.0. The SMILES string of the molecule is CNC(=O)CCCn1ccc2cc(CC(C)NCCOc3ccccc3OC(C)C)cc(C(N)=O)c21. The van der Waals surface area contributed by atoms with Crippen LogP contribution in [0.25, 0.3) is 10.9 Å². The van der Waals surface area contributed by atoms with Crippen molar-refractivity contribution < 1.29 is 19.1 Å². The number of primary amides is 1. The van der Waals surface area contributed by atoms with E-state index < -0.39 is 5.91 Å². The van der Waals surface area contributed by atoms with Crippen molar-refractivity contribution in [3.63, 3.8) is 0 Å². The van der Waals surface area contributed by atoms with Gasteiger partial charge < -0.3 is 30.4 Å². The zero-order valence-electron chi connectivity index (χ0n) is 21.7. The molecule has 0 saturated heterocycles. The average molecular weight is 495 g/mol. The molecule has 1 unspecified atom stereocenters. The molecule has 2 aromatic carbocycles. The summed E-state index contributed by atoms with van der Waals surface area (Å²) in [5, 5.41) is 7.08. The lowest BCUT2D eigenvalue weighted by Gasteiger charge is -2.17. The Hall–Kier alpha value is -3.52. The number of aryl methyl sites for hydroxylation is 1. The summed E-state index contributed by atoms with van der Waals surface area (Å²) in [5.74, 6) is 1.03. The fourth-order valence-corrected chi connectivity index (χ4v) is 4.25. The summed E-state index contributed by atoms with van der Waals surface area (Å²) in [7, 11) is 1.63. The smallest absolute Gasteiger partial charge is 0.250 e. The molecule has 4 N–H and O–H groups in total. The van der Waals surface area contributed by atoms with Gasteiger partial charge in [-0.05, 0) is 69.5 Å². The minimum Gasteiger partial charge on any atom is -0.488 e. The van der Waals surface area contributed by atoms with Gasteiger partial charge in [-0.25, -0.2) is 0 Å². The third-order valence-corrected chi connectivity index (χ3v) is 5.87. The van der Waals surface area contributed by atoms with E-state index in [0.717, 1.165) is 34.4 Å². The highest BCUT2D eigenvalue weighted by Gasteiger charge is 2.15. The molecule has 0 spiro atoms. The monoisotopic (exact) mass is 494 g/mol. The van der Waals surface area contributed by atoms with Crippen LogP contribution in [0.5, 0.6) is 11.5 Å². The van der Waals surface area contributed by atoms with Crippen LogP contribution in [0.1, 0.15) is 49.5 Å². The van der Waals surface area contributed by atoms with E-state index in [4.69, 9.17) is 15.2 Å². The standard InChI is InChI=1S/C28H38N4O4/c1-19(2)36-25-9-6-5-8-24(25)35-15-12-31-20(3)16-21-17-22-11-14-32(13-7-10-26(33)30-4)27(22)23(18-21)28(29)34/h5-6,8-9,11,14,17-20,31H,7,10,12-13,15-16H2,1-4H3,(H2,29,34)(H,30,33). The highest BCUT2D eigenvalue weighted by molar-refractivity contribution is 6.05. The van der Waals surface area contributed by atoms with Crippen molar-refractivity contribution in [1.29, 1.82) is 0 Å². The zero-order chi connectivity index (χ0) is 26.1. The lowest BCUT2D eigenvalue weighted by molar-refractivity contribution is -0.120. The van der Waals surface area contributed by atoms with Gasteiger partial charge in [0.1, 0.15) is 6.61 Å². The number of carbonyl (C=O) groups is 2. The first-order valence-corrected chi connectivity index (χ1v) is 12.5. The topological polar surface area (TPSA) is 108 Å². The molecular formula is C28H38N4O4. The van der Waals surface area contributed by atoms with Crippen LogP contribution in [0.3, 0.4) is 0 Å². The lowest BCUT2D eigenvalue weighted by atomic mass is 10.0. The lowest BCUT2D eigenvalue weighted by Crippen LogP contribution is -2.32. The molecule has 194 valence electrons. The Labute approximate surface area is 213 Å². The number of fused-ring (bicyclic) bond motifs is 1. The second-order valence-electron chi connectivity index (χ2n) is 9.25. The number of hydrogen-bond acceptors (Lipinski definition) is 5. The molecular weight excluding hydrogens is 456 g/mol. The second-order valence-corrected chi connectivity index (χ2v) is 9.25. The molecule has 0 aliphatic rings. The molecule has 3 rings (SSSR count). The number of para-hydroxylation sites is 2. The molecule has 1 aromatic heterocycles. The van der Waals surface area contributed by atoms with Crippen molar-refractivity contribution >= 4 is 22.7 Å². The number of nitrogens with one attached hydrogen (secondary N) is 2. The van der Waals surface area contributed by atoms with Gasteiger partial charge in [0.25, 0.3) is 5.91 Å². The van der Waals surface area contributed by atoms with Crippen LogP contribution in [0.2, 0.25) is 0 Å². The van der Waals surface area contributed by atoms with Gasteiger partial charge in [-0.3, -0.25) is 9.59 Å². The molecule has 2 amide bonds. The molecule has 1 heterocycles. The molecule has 0 fully saturated rings. The number of ether oxygens (including phenoxy) is 2. The minimum atomic E-state index is -0.454. The number of benzene rings is 2. The maximum Gasteiger partial charge on any atom is 0.250 e. The van der Waals surface area contributed by atoms with Crippen molar-refractivity contribution in [2.75, 3.05) is 20.2 Å². The fraction of sp³-hybridized carbons (Fsp3) is 0.429. The van der Waals surface area contributed by atoms with Crippen LogP contribution in [-0.4, -0.2) is 48.7 Å². The van der Waals surface area contributed by atoms with Crippen molar-refractivity contribution in [3.8, 4) is 11.5 Å². The molecule has 1 atom stereocenters. The first kappa shape index (κ1) is 27.1. The third kappa shape index (κ3) is 7.49. The first-order chi connectivity index (χ1) is 17.3. The van der Waals surface area contributed by atoms with Crippen LogP contribution in [-0.2, 0) is 17.8 Å². The maximum absolute atomic E-state index is 12.3. The van der Waals surface area contributed by atoms with Gasteiger partial charge in [0, 0.05) is 44.2 Å². The van der Waals surface area contributed by atoms with E-state index in [9.17, 15) is 9.59 Å². The summed E-state index contributed by atoms with van der Waals surface area (Å²) in [6.07, 6.45) is 3.88. The fourth-order valence-electron chi connectivity index (χ4n) is 4.25. The number of aromatic nitrogens is 1. The van der Waals surface area contributed by atoms with Gasteiger partial charge >= 0.3 is 0 Å². The zero-order valence-corrected chi connectivity index (χ0v) is 21.7. The summed E-state index contributed by atoms with van der Waals surface area (Å²) in [6, 6.07) is 13.8. The predicted molar refractivity (Wildman–Crippen MR) is 143 cm³/mol. The number of hydrogen-bond donors (Lipinski definition) is 3. The van der Waals surface area contributed by atoms with Crippen molar-refractivity contribution in [3.05, 3.63) is 59.8 Å². The summed E-state index contributed by atoms with van der Waals surface area (Å²) >= 11 is 0. The van der Waals surface area contributed by atoms with E-state index in [0.29, 0.717) is 38.1 Å². The molecule has 0 aliphatic heterocycles. The van der Waals surface area contributed by atoms with Gasteiger partial charge in [-0.2, -0.15) is 0 Å². The number of nitrogens with zero attached hydrogens (tertiary/aromatic N) is 1. The van der Waals surface area contributed by atoms with E-state index in [-0.39, 0.29) is 18.1 Å². The Bertz CT molecular complexity index is 1170. The molecule has 0 radical (unpaired) electrons. The largest absolute Gasteiger partial charge is 0.488 e. The number of carbonyl (C=O) groups excluding carboxylic acids is 2. The molecule has 3 aromatic rings. The van der Waals surface area contributed by atoms with E-state index in [1.54, 1.807) is 7.05 Å². The minimum absolute atomic E-state index is 0.00357. The molecule has 8 heteroatoms. The number of rotatable bonds is 14. The maximum atomic E-state index is 12.3. The van der Waals surface area contributed by atoms with Gasteiger partial charge in [0.05, 0.1) is 17.2 Å². The number of nitrogens with two attached hydrogens (primary N) is 1.